The van der Waals surface area contributed by atoms with Crippen molar-refractivity contribution in [3.8, 4) is 11.4 Å². The Labute approximate surface area is 102 Å². The molecule has 0 aliphatic heterocycles. The number of benzene rings is 1. The van der Waals surface area contributed by atoms with E-state index >= 15 is 0 Å². The minimum Gasteiger partial charge on any atom is -0.227 e. The summed E-state index contributed by atoms with van der Waals surface area (Å²) in [6.45, 7) is 0. The van der Waals surface area contributed by atoms with Crippen LogP contribution in [0.3, 0.4) is 0 Å². The molecule has 16 heavy (non-hydrogen) atoms. The Morgan fingerprint density at radius 2 is 1.81 bits per heavy atom. The molecular formula is C12H7ClN2S. The van der Waals surface area contributed by atoms with Crippen molar-refractivity contribution in [3.63, 3.8) is 0 Å². The predicted molar refractivity (Wildman–Crippen MR) is 67.9 cm³/mol. The van der Waals surface area contributed by atoms with Crippen molar-refractivity contribution in [3.05, 3.63) is 46.9 Å². The molecule has 0 atom stereocenters. The van der Waals surface area contributed by atoms with Crippen LogP contribution >= 0.6 is 22.9 Å². The summed E-state index contributed by atoms with van der Waals surface area (Å²) in [6, 6.07) is 11.8. The maximum Gasteiger partial charge on any atom is 0.161 e. The van der Waals surface area contributed by atoms with Gasteiger partial charge in [-0.2, -0.15) is 0 Å². The van der Waals surface area contributed by atoms with E-state index in [-0.39, 0.29) is 0 Å². The van der Waals surface area contributed by atoms with Gasteiger partial charge in [-0.05, 0) is 11.4 Å². The van der Waals surface area contributed by atoms with Crippen LogP contribution in [0.15, 0.2) is 41.8 Å². The third-order valence-electron chi connectivity index (χ3n) is 2.29. The lowest BCUT2D eigenvalue weighted by Gasteiger charge is -2.00. The fraction of sp³-hybridized carbons (Fsp3) is 0. The number of halogens is 1. The molecule has 78 valence electrons. The highest BCUT2D eigenvalue weighted by Gasteiger charge is 2.08. The molecule has 3 aromatic rings. The van der Waals surface area contributed by atoms with E-state index < -0.39 is 0 Å². The summed E-state index contributed by atoms with van der Waals surface area (Å²) in [6.07, 6.45) is 0. The van der Waals surface area contributed by atoms with E-state index in [0.717, 1.165) is 15.8 Å². The van der Waals surface area contributed by atoms with Gasteiger partial charge in [0, 0.05) is 5.56 Å². The van der Waals surface area contributed by atoms with Gasteiger partial charge in [-0.3, -0.25) is 0 Å². The van der Waals surface area contributed by atoms with Crippen LogP contribution in [0.25, 0.3) is 21.6 Å². The van der Waals surface area contributed by atoms with Gasteiger partial charge in [-0.15, -0.1) is 11.3 Å². The lowest BCUT2D eigenvalue weighted by atomic mass is 10.2. The summed E-state index contributed by atoms with van der Waals surface area (Å²) < 4.78 is 0.946. The molecule has 2 heterocycles. The third kappa shape index (κ3) is 1.58. The molecule has 0 aliphatic carbocycles. The van der Waals surface area contributed by atoms with E-state index in [1.165, 1.54) is 0 Å². The SMILES string of the molecule is Clc1nc(-c2ccccc2)nc2ccsc12. The monoisotopic (exact) mass is 246 g/mol. The lowest BCUT2D eigenvalue weighted by molar-refractivity contribution is 1.23. The number of hydrogen-bond donors (Lipinski definition) is 0. The Balaban J connectivity index is 2.25. The molecule has 2 nitrogen and oxygen atoms in total. The van der Waals surface area contributed by atoms with E-state index in [2.05, 4.69) is 9.97 Å². The molecule has 0 N–H and O–H groups in total. The average Bonchev–Trinajstić information content (AvgIpc) is 2.79. The predicted octanol–water partition coefficient (Wildman–Crippen LogP) is 4.01. The summed E-state index contributed by atoms with van der Waals surface area (Å²) in [5.74, 6) is 0.677. The average molecular weight is 247 g/mol. The zero-order valence-corrected chi connectivity index (χ0v) is 9.79. The molecule has 0 saturated carbocycles. The zero-order valence-electron chi connectivity index (χ0n) is 8.22. The zero-order chi connectivity index (χ0) is 11.0. The van der Waals surface area contributed by atoms with Gasteiger partial charge >= 0.3 is 0 Å². The minimum atomic E-state index is 0.527. The Morgan fingerprint density at radius 3 is 2.62 bits per heavy atom. The van der Waals surface area contributed by atoms with Crippen LogP contribution in [0.4, 0.5) is 0 Å². The van der Waals surface area contributed by atoms with E-state index in [1.807, 2.05) is 41.8 Å². The first kappa shape index (κ1) is 9.75. The molecule has 0 radical (unpaired) electrons. The largest absolute Gasteiger partial charge is 0.227 e. The Morgan fingerprint density at radius 1 is 1.00 bits per heavy atom. The normalized spacial score (nSPS) is 10.8. The van der Waals surface area contributed by atoms with Crippen LogP contribution in [-0.2, 0) is 0 Å². The summed E-state index contributed by atoms with van der Waals surface area (Å²) in [5, 5.41) is 2.50. The molecule has 0 aliphatic rings. The second-order valence-corrected chi connectivity index (χ2v) is 4.61. The first-order valence-electron chi connectivity index (χ1n) is 4.81. The molecule has 0 amide bonds. The van der Waals surface area contributed by atoms with Crippen molar-refractivity contribution in [2.24, 2.45) is 0 Å². The topological polar surface area (TPSA) is 25.8 Å². The smallest absolute Gasteiger partial charge is 0.161 e. The van der Waals surface area contributed by atoms with Crippen LogP contribution in [-0.4, -0.2) is 9.97 Å². The standard InChI is InChI=1S/C12H7ClN2S/c13-11-10-9(6-7-16-10)14-12(15-11)8-4-2-1-3-5-8/h1-7H. The highest BCUT2D eigenvalue weighted by Crippen LogP contribution is 2.28. The Bertz CT molecular complexity index is 634. The van der Waals surface area contributed by atoms with Gasteiger partial charge in [-0.25, -0.2) is 9.97 Å². The first-order chi connectivity index (χ1) is 7.84. The summed E-state index contributed by atoms with van der Waals surface area (Å²) in [5.41, 5.74) is 1.89. The molecule has 3 rings (SSSR count). The maximum absolute atomic E-state index is 6.11. The van der Waals surface area contributed by atoms with E-state index in [0.29, 0.717) is 11.0 Å². The molecular weight excluding hydrogens is 240 g/mol. The number of rotatable bonds is 1. The molecule has 0 unspecified atom stereocenters. The van der Waals surface area contributed by atoms with Gasteiger partial charge in [0.15, 0.2) is 11.0 Å². The second kappa shape index (κ2) is 3.85. The Kier molecular flexibility index (Phi) is 2.35. The molecule has 0 bridgehead atoms. The highest BCUT2D eigenvalue weighted by atomic mass is 35.5. The van der Waals surface area contributed by atoms with Crippen LogP contribution in [0, 0.1) is 0 Å². The fourth-order valence-corrected chi connectivity index (χ4v) is 2.56. The van der Waals surface area contributed by atoms with Crippen LogP contribution in [0.5, 0.6) is 0 Å². The summed E-state index contributed by atoms with van der Waals surface area (Å²) in [7, 11) is 0. The number of aromatic nitrogens is 2. The van der Waals surface area contributed by atoms with Gasteiger partial charge < -0.3 is 0 Å². The van der Waals surface area contributed by atoms with Gasteiger partial charge in [0.05, 0.1) is 10.2 Å². The van der Waals surface area contributed by atoms with E-state index in [1.54, 1.807) is 11.3 Å². The molecule has 0 saturated heterocycles. The number of fused-ring (bicyclic) bond motifs is 1. The van der Waals surface area contributed by atoms with Gasteiger partial charge in [0.25, 0.3) is 0 Å². The molecule has 2 aromatic heterocycles. The van der Waals surface area contributed by atoms with Crippen LogP contribution in [0.2, 0.25) is 5.15 Å². The van der Waals surface area contributed by atoms with Gasteiger partial charge in [-0.1, -0.05) is 41.9 Å². The third-order valence-corrected chi connectivity index (χ3v) is 3.59. The number of hydrogen-bond acceptors (Lipinski definition) is 3. The molecule has 0 spiro atoms. The van der Waals surface area contributed by atoms with E-state index in [9.17, 15) is 0 Å². The van der Waals surface area contributed by atoms with Gasteiger partial charge in [0.1, 0.15) is 0 Å². The van der Waals surface area contributed by atoms with Crippen LogP contribution in [0.1, 0.15) is 0 Å². The summed E-state index contributed by atoms with van der Waals surface area (Å²) in [4.78, 5) is 8.79. The molecule has 0 fully saturated rings. The highest BCUT2D eigenvalue weighted by molar-refractivity contribution is 7.17. The number of nitrogens with zero attached hydrogens (tertiary/aromatic N) is 2. The van der Waals surface area contributed by atoms with Crippen molar-refractivity contribution in [2.45, 2.75) is 0 Å². The van der Waals surface area contributed by atoms with Crippen molar-refractivity contribution in [1.82, 2.24) is 9.97 Å². The lowest BCUT2D eigenvalue weighted by Crippen LogP contribution is -1.89. The number of thiophene rings is 1. The first-order valence-corrected chi connectivity index (χ1v) is 6.06. The van der Waals surface area contributed by atoms with Crippen LogP contribution < -0.4 is 0 Å². The fourth-order valence-electron chi connectivity index (χ4n) is 1.54. The quantitative estimate of drug-likeness (QED) is 0.607. The maximum atomic E-state index is 6.11. The van der Waals surface area contributed by atoms with E-state index in [4.69, 9.17) is 11.6 Å². The van der Waals surface area contributed by atoms with Crippen molar-refractivity contribution in [2.75, 3.05) is 0 Å². The van der Waals surface area contributed by atoms with Gasteiger partial charge in [0.2, 0.25) is 0 Å². The molecule has 1 aromatic carbocycles. The molecule has 4 heteroatoms. The van der Waals surface area contributed by atoms with Crippen molar-refractivity contribution >= 4 is 33.2 Å². The Hall–Kier alpha value is -1.45. The second-order valence-electron chi connectivity index (χ2n) is 3.34. The minimum absolute atomic E-state index is 0.527. The van der Waals surface area contributed by atoms with Crippen molar-refractivity contribution in [1.29, 1.82) is 0 Å². The summed E-state index contributed by atoms with van der Waals surface area (Å²) >= 11 is 7.67. The van der Waals surface area contributed by atoms with Crippen molar-refractivity contribution < 1.29 is 0 Å².